The van der Waals surface area contributed by atoms with Gasteiger partial charge in [-0.2, -0.15) is 0 Å². The van der Waals surface area contributed by atoms with Crippen molar-refractivity contribution in [3.8, 4) is 0 Å². The van der Waals surface area contributed by atoms with Crippen LogP contribution in [0.1, 0.15) is 90.9 Å². The smallest absolute Gasteiger partial charge is 0.306 e. The molecule has 0 heterocycles. The van der Waals surface area contributed by atoms with Crippen molar-refractivity contribution in [3.05, 3.63) is 0 Å². The molecule has 1 aliphatic rings. The summed E-state index contributed by atoms with van der Waals surface area (Å²) in [5.41, 5.74) is 0. The monoisotopic (exact) mass is 326 g/mol. The largest absolute Gasteiger partial charge is 0.465 e. The van der Waals surface area contributed by atoms with Crippen molar-refractivity contribution in [2.24, 2.45) is 5.92 Å². The van der Waals surface area contributed by atoms with Crippen LogP contribution in [-0.2, 0) is 19.1 Å². The highest BCUT2D eigenvalue weighted by atomic mass is 16.5. The molecule has 0 aromatic carbocycles. The Hall–Kier alpha value is -1.06. The van der Waals surface area contributed by atoms with Crippen LogP contribution in [-0.4, -0.2) is 24.6 Å². The van der Waals surface area contributed by atoms with E-state index < -0.39 is 0 Å². The highest BCUT2D eigenvalue weighted by molar-refractivity contribution is 5.72. The Balaban J connectivity index is 2.09. The van der Waals surface area contributed by atoms with Crippen molar-refractivity contribution in [2.45, 2.75) is 97.0 Å². The Bertz CT molecular complexity index is 328. The molecule has 0 amide bonds. The molecule has 0 unspecified atom stereocenters. The minimum absolute atomic E-state index is 0.0377. The predicted molar refractivity (Wildman–Crippen MR) is 91.1 cm³/mol. The molecule has 0 atom stereocenters. The van der Waals surface area contributed by atoms with Gasteiger partial charge in [0.05, 0.1) is 6.61 Å². The van der Waals surface area contributed by atoms with Gasteiger partial charge in [-0.1, -0.05) is 46.0 Å². The van der Waals surface area contributed by atoms with Gasteiger partial charge in [-0.05, 0) is 38.0 Å². The number of hydrogen-bond acceptors (Lipinski definition) is 4. The molecule has 23 heavy (non-hydrogen) atoms. The molecule has 0 saturated heterocycles. The van der Waals surface area contributed by atoms with E-state index >= 15 is 0 Å². The molecular formula is C19H34O4. The zero-order valence-corrected chi connectivity index (χ0v) is 15.0. The first kappa shape index (κ1) is 20.0. The van der Waals surface area contributed by atoms with Gasteiger partial charge in [-0.25, -0.2) is 0 Å². The van der Waals surface area contributed by atoms with Crippen LogP contribution in [0.3, 0.4) is 0 Å². The highest BCUT2D eigenvalue weighted by Gasteiger charge is 2.16. The van der Waals surface area contributed by atoms with Gasteiger partial charge in [0, 0.05) is 12.8 Å². The second-order valence-electron chi connectivity index (χ2n) is 6.73. The fraction of sp³-hybridized carbons (Fsp3) is 0.895. The quantitative estimate of drug-likeness (QED) is 0.512. The molecule has 0 aliphatic heterocycles. The number of carbonyl (C=O) groups is 2. The molecule has 134 valence electrons. The number of carbonyl (C=O) groups excluding carboxylic acids is 2. The zero-order valence-electron chi connectivity index (χ0n) is 15.0. The molecule has 0 spiro atoms. The predicted octanol–water partition coefficient (Wildman–Crippen LogP) is 4.79. The first-order chi connectivity index (χ1) is 11.2. The summed E-state index contributed by atoms with van der Waals surface area (Å²) in [6, 6.07) is 0. The highest BCUT2D eigenvalue weighted by Crippen LogP contribution is 2.23. The second kappa shape index (κ2) is 12.4. The average molecular weight is 326 g/mol. The first-order valence-corrected chi connectivity index (χ1v) is 9.50. The molecule has 1 rings (SSSR count). The van der Waals surface area contributed by atoms with E-state index in [2.05, 4.69) is 13.8 Å². The molecular weight excluding hydrogens is 292 g/mol. The molecule has 0 radical (unpaired) electrons. The number of rotatable bonds is 11. The minimum atomic E-state index is -0.183. The third-order valence-electron chi connectivity index (χ3n) is 4.49. The summed E-state index contributed by atoms with van der Waals surface area (Å²) in [4.78, 5) is 23.5. The molecule has 0 aromatic heterocycles. The minimum Gasteiger partial charge on any atom is -0.465 e. The maximum Gasteiger partial charge on any atom is 0.306 e. The van der Waals surface area contributed by atoms with Crippen molar-refractivity contribution in [3.63, 3.8) is 0 Å². The second-order valence-corrected chi connectivity index (χ2v) is 6.73. The van der Waals surface area contributed by atoms with Crippen LogP contribution in [0.15, 0.2) is 0 Å². The van der Waals surface area contributed by atoms with E-state index in [9.17, 15) is 9.59 Å². The number of ether oxygens (including phenoxy) is 2. The van der Waals surface area contributed by atoms with Gasteiger partial charge in [0.2, 0.25) is 0 Å². The van der Waals surface area contributed by atoms with Gasteiger partial charge in [-0.3, -0.25) is 9.59 Å². The Morgan fingerprint density at radius 3 is 2.17 bits per heavy atom. The van der Waals surface area contributed by atoms with Crippen molar-refractivity contribution in [1.29, 1.82) is 0 Å². The number of esters is 2. The van der Waals surface area contributed by atoms with E-state index in [4.69, 9.17) is 9.47 Å². The summed E-state index contributed by atoms with van der Waals surface area (Å²) in [5.74, 6) is 0.181. The van der Waals surface area contributed by atoms with Gasteiger partial charge < -0.3 is 9.47 Å². The van der Waals surface area contributed by atoms with E-state index in [1.54, 1.807) is 0 Å². The third kappa shape index (κ3) is 9.62. The summed E-state index contributed by atoms with van der Waals surface area (Å²) < 4.78 is 10.8. The molecule has 1 fully saturated rings. The van der Waals surface area contributed by atoms with Crippen LogP contribution < -0.4 is 0 Å². The molecule has 0 N–H and O–H groups in total. The fourth-order valence-corrected chi connectivity index (χ4v) is 3.16. The van der Waals surface area contributed by atoms with Crippen LogP contribution in [0.5, 0.6) is 0 Å². The lowest BCUT2D eigenvalue weighted by Crippen LogP contribution is -2.19. The van der Waals surface area contributed by atoms with Gasteiger partial charge in [0.1, 0.15) is 6.10 Å². The Morgan fingerprint density at radius 1 is 0.957 bits per heavy atom. The van der Waals surface area contributed by atoms with Gasteiger partial charge in [0.25, 0.3) is 0 Å². The van der Waals surface area contributed by atoms with E-state index in [1.165, 1.54) is 32.1 Å². The van der Waals surface area contributed by atoms with E-state index in [0.29, 0.717) is 31.8 Å². The fourth-order valence-electron chi connectivity index (χ4n) is 3.16. The van der Waals surface area contributed by atoms with Gasteiger partial charge >= 0.3 is 11.9 Å². The molecule has 1 aliphatic carbocycles. The lowest BCUT2D eigenvalue weighted by atomic mass is 9.90. The van der Waals surface area contributed by atoms with E-state index in [-0.39, 0.29) is 18.0 Å². The summed E-state index contributed by atoms with van der Waals surface area (Å²) in [6.07, 6.45) is 11.2. The Morgan fingerprint density at radius 2 is 1.57 bits per heavy atom. The van der Waals surface area contributed by atoms with Gasteiger partial charge in [0.15, 0.2) is 0 Å². The lowest BCUT2D eigenvalue weighted by Gasteiger charge is -2.21. The standard InChI is InChI=1S/C19H34O4/c1-3-9-17(10-4-2)23-19(21)14-8-13-18(20)22-15-16-11-6-5-7-12-16/h16-17H,3-15H2,1-2H3. The normalized spacial score (nSPS) is 15.6. The van der Waals surface area contributed by atoms with Crippen LogP contribution in [0.2, 0.25) is 0 Å². The molecule has 0 bridgehead atoms. The van der Waals surface area contributed by atoms with E-state index in [0.717, 1.165) is 25.7 Å². The summed E-state index contributed by atoms with van der Waals surface area (Å²) in [6.45, 7) is 4.75. The SMILES string of the molecule is CCCC(CCC)OC(=O)CCCC(=O)OCC1CCCCC1. The molecule has 4 nitrogen and oxygen atoms in total. The maximum atomic E-state index is 11.8. The maximum absolute atomic E-state index is 11.8. The third-order valence-corrected chi connectivity index (χ3v) is 4.49. The average Bonchev–Trinajstić information content (AvgIpc) is 2.54. The van der Waals surface area contributed by atoms with Gasteiger partial charge in [-0.15, -0.1) is 0 Å². The van der Waals surface area contributed by atoms with Crippen molar-refractivity contribution >= 4 is 11.9 Å². The van der Waals surface area contributed by atoms with Crippen molar-refractivity contribution in [2.75, 3.05) is 6.61 Å². The van der Waals surface area contributed by atoms with Crippen LogP contribution in [0.4, 0.5) is 0 Å². The summed E-state index contributed by atoms with van der Waals surface area (Å²) >= 11 is 0. The molecule has 4 heteroatoms. The number of hydrogen-bond donors (Lipinski definition) is 0. The molecule has 0 aromatic rings. The Kier molecular flexibility index (Phi) is 10.8. The van der Waals surface area contributed by atoms with E-state index in [1.807, 2.05) is 0 Å². The molecule has 1 saturated carbocycles. The topological polar surface area (TPSA) is 52.6 Å². The van der Waals surface area contributed by atoms with Crippen LogP contribution in [0, 0.1) is 5.92 Å². The summed E-state index contributed by atoms with van der Waals surface area (Å²) in [5, 5.41) is 0. The van der Waals surface area contributed by atoms with Crippen LogP contribution in [0.25, 0.3) is 0 Å². The van der Waals surface area contributed by atoms with Crippen molar-refractivity contribution < 1.29 is 19.1 Å². The lowest BCUT2D eigenvalue weighted by molar-refractivity contribution is -0.150. The van der Waals surface area contributed by atoms with Crippen LogP contribution >= 0.6 is 0 Å². The Labute approximate surface area is 141 Å². The van der Waals surface area contributed by atoms with Crippen molar-refractivity contribution in [1.82, 2.24) is 0 Å². The zero-order chi connectivity index (χ0) is 16.9. The summed E-state index contributed by atoms with van der Waals surface area (Å²) in [7, 11) is 0. The first-order valence-electron chi connectivity index (χ1n) is 9.50.